The molecule has 7 heteroatoms. The summed E-state index contributed by atoms with van der Waals surface area (Å²) in [6, 6.07) is -0.549. The van der Waals surface area contributed by atoms with Gasteiger partial charge in [0.05, 0.1) is 12.6 Å². The second kappa shape index (κ2) is 7.97. The number of aliphatic hydroxyl groups is 1. The van der Waals surface area contributed by atoms with Gasteiger partial charge in [0.15, 0.2) is 0 Å². The van der Waals surface area contributed by atoms with Crippen LogP contribution < -0.4 is 5.32 Å². The molecule has 0 aromatic carbocycles. The summed E-state index contributed by atoms with van der Waals surface area (Å²) in [6.45, 7) is 4.32. The first-order valence-corrected chi connectivity index (χ1v) is 7.30. The van der Waals surface area contributed by atoms with Gasteiger partial charge in [-0.25, -0.2) is 4.79 Å². The average molecular weight is 299 g/mol. The number of urea groups is 1. The van der Waals surface area contributed by atoms with Gasteiger partial charge in [0, 0.05) is 20.0 Å². The number of carbonyl (C=O) groups excluding carboxylic acids is 3. The molecule has 21 heavy (non-hydrogen) atoms. The van der Waals surface area contributed by atoms with Crippen LogP contribution in [0.5, 0.6) is 0 Å². The molecule has 0 spiro atoms. The molecular formula is C14H25N3O4. The van der Waals surface area contributed by atoms with Crippen LogP contribution in [-0.2, 0) is 9.59 Å². The van der Waals surface area contributed by atoms with Crippen LogP contribution in [0.25, 0.3) is 0 Å². The van der Waals surface area contributed by atoms with E-state index in [4.69, 9.17) is 0 Å². The third-order valence-corrected chi connectivity index (χ3v) is 3.36. The van der Waals surface area contributed by atoms with Crippen LogP contribution in [0.4, 0.5) is 4.79 Å². The molecule has 1 fully saturated rings. The molecule has 7 nitrogen and oxygen atoms in total. The predicted molar refractivity (Wildman–Crippen MR) is 77.4 cm³/mol. The fourth-order valence-corrected chi connectivity index (χ4v) is 2.33. The molecule has 0 saturated carbocycles. The summed E-state index contributed by atoms with van der Waals surface area (Å²) < 4.78 is 0. The maximum Gasteiger partial charge on any atom is 0.326 e. The van der Waals surface area contributed by atoms with Crippen LogP contribution >= 0.6 is 0 Å². The van der Waals surface area contributed by atoms with Gasteiger partial charge >= 0.3 is 6.03 Å². The molecule has 0 aromatic heterocycles. The summed E-state index contributed by atoms with van der Waals surface area (Å²) in [6.07, 6.45) is 1.38. The molecule has 1 rings (SSSR count). The first kappa shape index (κ1) is 17.4. The van der Waals surface area contributed by atoms with Crippen LogP contribution in [0.1, 0.15) is 33.1 Å². The van der Waals surface area contributed by atoms with Gasteiger partial charge in [-0.2, -0.15) is 0 Å². The third-order valence-electron chi connectivity index (χ3n) is 3.36. The van der Waals surface area contributed by atoms with E-state index < -0.39 is 0 Å². The van der Waals surface area contributed by atoms with E-state index in [9.17, 15) is 19.5 Å². The molecule has 1 aliphatic heterocycles. The first-order valence-electron chi connectivity index (χ1n) is 7.30. The van der Waals surface area contributed by atoms with Crippen molar-refractivity contribution in [2.45, 2.75) is 39.2 Å². The molecule has 1 atom stereocenters. The van der Waals surface area contributed by atoms with E-state index in [1.807, 2.05) is 13.8 Å². The number of hydrogen-bond acceptors (Lipinski definition) is 4. The van der Waals surface area contributed by atoms with Gasteiger partial charge < -0.3 is 15.3 Å². The topological polar surface area (TPSA) is 89.9 Å². The summed E-state index contributed by atoms with van der Waals surface area (Å²) in [5, 5.41) is 12.0. The van der Waals surface area contributed by atoms with Gasteiger partial charge in [0.25, 0.3) is 0 Å². The van der Waals surface area contributed by atoms with Crippen molar-refractivity contribution in [3.63, 3.8) is 0 Å². The molecule has 1 unspecified atom stereocenters. The molecule has 4 amide bonds. The molecular weight excluding hydrogens is 274 g/mol. The SMILES string of the molecule is CC(C)CC(CO)NC(=O)CCCN1C(=O)CN(C)C1=O. The van der Waals surface area contributed by atoms with E-state index in [-0.39, 0.29) is 50.0 Å². The lowest BCUT2D eigenvalue weighted by Gasteiger charge is -2.18. The molecule has 2 N–H and O–H groups in total. The number of aliphatic hydroxyl groups excluding tert-OH is 1. The normalized spacial score (nSPS) is 16.8. The summed E-state index contributed by atoms with van der Waals surface area (Å²) in [5.41, 5.74) is 0. The van der Waals surface area contributed by atoms with Crippen molar-refractivity contribution in [3.05, 3.63) is 0 Å². The fraction of sp³-hybridized carbons (Fsp3) is 0.786. The van der Waals surface area contributed by atoms with E-state index in [0.717, 1.165) is 6.42 Å². The van der Waals surface area contributed by atoms with Crippen LogP contribution in [-0.4, -0.2) is 65.5 Å². The van der Waals surface area contributed by atoms with Crippen molar-refractivity contribution >= 4 is 17.8 Å². The van der Waals surface area contributed by atoms with E-state index in [1.165, 1.54) is 9.80 Å². The number of nitrogens with one attached hydrogen (secondary N) is 1. The van der Waals surface area contributed by atoms with E-state index in [2.05, 4.69) is 5.32 Å². The van der Waals surface area contributed by atoms with Crippen molar-refractivity contribution in [1.29, 1.82) is 0 Å². The second-order valence-corrected chi connectivity index (χ2v) is 5.86. The Kier molecular flexibility index (Phi) is 6.61. The minimum Gasteiger partial charge on any atom is -0.394 e. The Bertz CT molecular complexity index is 398. The Morgan fingerprint density at radius 1 is 1.38 bits per heavy atom. The summed E-state index contributed by atoms with van der Waals surface area (Å²) >= 11 is 0. The van der Waals surface area contributed by atoms with E-state index >= 15 is 0 Å². The number of hydrogen-bond donors (Lipinski definition) is 2. The number of amides is 4. The highest BCUT2D eigenvalue weighted by Gasteiger charge is 2.32. The minimum absolute atomic E-state index is 0.0855. The van der Waals surface area contributed by atoms with Gasteiger partial charge in [0.1, 0.15) is 6.54 Å². The average Bonchev–Trinajstić information content (AvgIpc) is 2.63. The molecule has 1 saturated heterocycles. The number of likely N-dealkylation sites (N-methyl/N-ethyl adjacent to an activating group) is 1. The molecule has 120 valence electrons. The van der Waals surface area contributed by atoms with E-state index in [1.54, 1.807) is 7.05 Å². The van der Waals surface area contributed by atoms with Crippen LogP contribution in [0.2, 0.25) is 0 Å². The molecule has 1 heterocycles. The van der Waals surface area contributed by atoms with Gasteiger partial charge in [-0.05, 0) is 18.8 Å². The Hall–Kier alpha value is -1.63. The Morgan fingerprint density at radius 2 is 2.05 bits per heavy atom. The summed E-state index contributed by atoms with van der Waals surface area (Å²) in [7, 11) is 1.57. The molecule has 0 bridgehead atoms. The zero-order chi connectivity index (χ0) is 16.0. The van der Waals surface area contributed by atoms with Gasteiger partial charge in [0.2, 0.25) is 11.8 Å². The molecule has 0 aliphatic carbocycles. The van der Waals surface area contributed by atoms with Crippen molar-refractivity contribution < 1.29 is 19.5 Å². The lowest BCUT2D eigenvalue weighted by atomic mass is 10.0. The van der Waals surface area contributed by atoms with Gasteiger partial charge in [-0.1, -0.05) is 13.8 Å². The van der Waals surface area contributed by atoms with Crippen molar-refractivity contribution in [1.82, 2.24) is 15.1 Å². The molecule has 0 aromatic rings. The van der Waals surface area contributed by atoms with E-state index in [0.29, 0.717) is 12.3 Å². The van der Waals surface area contributed by atoms with Crippen LogP contribution in [0.15, 0.2) is 0 Å². The Morgan fingerprint density at radius 3 is 2.52 bits per heavy atom. The highest BCUT2D eigenvalue weighted by atomic mass is 16.3. The lowest BCUT2D eigenvalue weighted by molar-refractivity contribution is -0.126. The smallest absolute Gasteiger partial charge is 0.326 e. The number of nitrogens with zero attached hydrogens (tertiary/aromatic N) is 2. The van der Waals surface area contributed by atoms with Crippen molar-refractivity contribution in [3.8, 4) is 0 Å². The standard InChI is InChI=1S/C14H25N3O4/c1-10(2)7-11(9-18)15-12(19)5-4-6-17-13(20)8-16(3)14(17)21/h10-11,18H,4-9H2,1-3H3,(H,15,19). The van der Waals surface area contributed by atoms with Gasteiger partial charge in [-0.3, -0.25) is 14.5 Å². The first-order chi connectivity index (χ1) is 9.85. The predicted octanol–water partition coefficient (Wildman–Crippen LogP) is 0.184. The quantitative estimate of drug-likeness (QED) is 0.626. The fourth-order valence-electron chi connectivity index (χ4n) is 2.33. The monoisotopic (exact) mass is 299 g/mol. The second-order valence-electron chi connectivity index (χ2n) is 5.86. The van der Waals surface area contributed by atoms with Crippen LogP contribution in [0.3, 0.4) is 0 Å². The number of rotatable bonds is 8. The zero-order valence-corrected chi connectivity index (χ0v) is 13.0. The largest absolute Gasteiger partial charge is 0.394 e. The summed E-state index contributed by atoms with van der Waals surface area (Å²) in [5.74, 6) is -0.00377. The van der Waals surface area contributed by atoms with Gasteiger partial charge in [-0.15, -0.1) is 0 Å². The third kappa shape index (κ3) is 5.34. The number of carbonyl (C=O) groups is 3. The zero-order valence-electron chi connectivity index (χ0n) is 13.0. The maximum absolute atomic E-state index is 11.8. The molecule has 1 aliphatic rings. The van der Waals surface area contributed by atoms with Crippen molar-refractivity contribution in [2.75, 3.05) is 26.7 Å². The molecule has 0 radical (unpaired) electrons. The summed E-state index contributed by atoms with van der Waals surface area (Å²) in [4.78, 5) is 37.5. The minimum atomic E-state index is -0.312. The highest BCUT2D eigenvalue weighted by molar-refractivity contribution is 6.01. The highest BCUT2D eigenvalue weighted by Crippen LogP contribution is 2.09. The lowest BCUT2D eigenvalue weighted by Crippen LogP contribution is -2.39. The maximum atomic E-state index is 11.8. The Labute approximate surface area is 125 Å². The van der Waals surface area contributed by atoms with Crippen molar-refractivity contribution in [2.24, 2.45) is 5.92 Å². The Balaban J connectivity index is 2.30. The van der Waals surface area contributed by atoms with Crippen LogP contribution in [0, 0.1) is 5.92 Å². The number of imide groups is 1.